The molecule has 1 aromatic carbocycles. The highest BCUT2D eigenvalue weighted by molar-refractivity contribution is 7.89. The van der Waals surface area contributed by atoms with Crippen LogP contribution >= 0.6 is 12.4 Å². The second-order valence-electron chi connectivity index (χ2n) is 3.60. The quantitative estimate of drug-likeness (QED) is 0.834. The number of likely N-dealkylation sites (N-methyl/N-ethyl adjacent to an activating group) is 2. The molecular weight excluding hydrogens is 305 g/mol. The van der Waals surface area contributed by atoms with Crippen LogP contribution in [0.15, 0.2) is 17.0 Å². The van der Waals surface area contributed by atoms with Gasteiger partial charge in [0.2, 0.25) is 10.0 Å². The highest BCUT2D eigenvalue weighted by Gasteiger charge is 2.27. The molecule has 0 spiro atoms. The van der Waals surface area contributed by atoms with Crippen molar-refractivity contribution in [3.8, 4) is 0 Å². The van der Waals surface area contributed by atoms with Crippen LogP contribution in [-0.2, 0) is 10.0 Å². The van der Waals surface area contributed by atoms with Gasteiger partial charge in [0, 0.05) is 20.1 Å². The SMILES string of the molecule is CNCCN(C)S(=O)(=O)c1ccc(F)c(F)c1F.Cl. The molecule has 110 valence electrons. The highest BCUT2D eigenvalue weighted by atomic mass is 35.5. The fourth-order valence-electron chi connectivity index (χ4n) is 1.26. The standard InChI is InChI=1S/C10H13F3N2O2S.ClH/c1-14-5-6-15(2)18(16,17)8-4-3-7(11)9(12)10(8)13;/h3-4,14H,5-6H2,1-2H3;1H. The molecule has 0 saturated heterocycles. The number of sulfonamides is 1. The van der Waals surface area contributed by atoms with Gasteiger partial charge in [-0.3, -0.25) is 0 Å². The van der Waals surface area contributed by atoms with E-state index < -0.39 is 32.4 Å². The molecule has 19 heavy (non-hydrogen) atoms. The van der Waals surface area contributed by atoms with Crippen LogP contribution in [0.3, 0.4) is 0 Å². The molecule has 0 unspecified atom stereocenters. The Labute approximate surface area is 116 Å². The molecule has 4 nitrogen and oxygen atoms in total. The summed E-state index contributed by atoms with van der Waals surface area (Å²) in [5.41, 5.74) is 0. The Morgan fingerprint density at radius 2 is 1.79 bits per heavy atom. The van der Waals surface area contributed by atoms with E-state index in [1.54, 1.807) is 7.05 Å². The minimum Gasteiger partial charge on any atom is -0.318 e. The maximum absolute atomic E-state index is 13.4. The van der Waals surface area contributed by atoms with Crippen molar-refractivity contribution in [1.29, 1.82) is 0 Å². The number of halogens is 4. The van der Waals surface area contributed by atoms with Crippen LogP contribution in [0.1, 0.15) is 0 Å². The van der Waals surface area contributed by atoms with Crippen LogP contribution in [0, 0.1) is 17.5 Å². The lowest BCUT2D eigenvalue weighted by Crippen LogP contribution is -2.33. The van der Waals surface area contributed by atoms with Gasteiger partial charge in [0.25, 0.3) is 0 Å². The summed E-state index contributed by atoms with van der Waals surface area (Å²) >= 11 is 0. The third kappa shape index (κ3) is 3.82. The van der Waals surface area contributed by atoms with Gasteiger partial charge in [-0.2, -0.15) is 4.31 Å². The predicted octanol–water partition coefficient (Wildman–Crippen LogP) is 1.37. The summed E-state index contributed by atoms with van der Waals surface area (Å²) in [6, 6.07) is 1.29. The van der Waals surface area contributed by atoms with E-state index >= 15 is 0 Å². The van der Waals surface area contributed by atoms with Gasteiger partial charge >= 0.3 is 0 Å². The van der Waals surface area contributed by atoms with Crippen molar-refractivity contribution in [3.05, 3.63) is 29.6 Å². The Morgan fingerprint density at radius 1 is 1.21 bits per heavy atom. The van der Waals surface area contributed by atoms with Gasteiger partial charge in [0.1, 0.15) is 4.90 Å². The number of nitrogens with one attached hydrogen (secondary N) is 1. The molecule has 0 heterocycles. The van der Waals surface area contributed by atoms with Crippen molar-refractivity contribution in [3.63, 3.8) is 0 Å². The molecule has 1 rings (SSSR count). The van der Waals surface area contributed by atoms with Crippen molar-refractivity contribution >= 4 is 22.4 Å². The number of hydrogen-bond donors (Lipinski definition) is 1. The minimum atomic E-state index is -4.17. The normalized spacial score (nSPS) is 11.5. The predicted molar refractivity (Wildman–Crippen MR) is 67.3 cm³/mol. The van der Waals surface area contributed by atoms with Crippen molar-refractivity contribution < 1.29 is 21.6 Å². The van der Waals surface area contributed by atoms with E-state index in [0.717, 1.165) is 4.31 Å². The zero-order chi connectivity index (χ0) is 13.9. The smallest absolute Gasteiger partial charge is 0.245 e. The largest absolute Gasteiger partial charge is 0.318 e. The Bertz CT molecular complexity index is 540. The van der Waals surface area contributed by atoms with Crippen molar-refractivity contribution in [2.45, 2.75) is 4.90 Å². The average molecular weight is 319 g/mol. The zero-order valence-corrected chi connectivity index (χ0v) is 11.9. The lowest BCUT2D eigenvalue weighted by molar-refractivity contribution is 0.422. The topological polar surface area (TPSA) is 49.4 Å². The molecule has 0 bridgehead atoms. The average Bonchev–Trinajstić information content (AvgIpc) is 2.32. The monoisotopic (exact) mass is 318 g/mol. The summed E-state index contributed by atoms with van der Waals surface area (Å²) in [5.74, 6) is -4.92. The van der Waals surface area contributed by atoms with E-state index in [1.807, 2.05) is 0 Å². The second kappa shape index (κ2) is 7.09. The van der Waals surface area contributed by atoms with Crippen LogP contribution in [0.4, 0.5) is 13.2 Å². The first-order valence-corrected chi connectivity index (χ1v) is 6.50. The molecule has 0 radical (unpaired) electrons. The number of hydrogen-bond acceptors (Lipinski definition) is 3. The van der Waals surface area contributed by atoms with Crippen molar-refractivity contribution in [2.75, 3.05) is 27.2 Å². The van der Waals surface area contributed by atoms with Gasteiger partial charge in [0.15, 0.2) is 17.5 Å². The fraction of sp³-hybridized carbons (Fsp3) is 0.400. The third-order valence-corrected chi connectivity index (χ3v) is 4.24. The molecule has 9 heteroatoms. The molecule has 0 aliphatic rings. The Hall–Kier alpha value is -0.830. The fourth-order valence-corrected chi connectivity index (χ4v) is 2.49. The number of nitrogens with zero attached hydrogens (tertiary/aromatic N) is 1. The van der Waals surface area contributed by atoms with E-state index in [-0.39, 0.29) is 19.0 Å². The first-order chi connectivity index (χ1) is 8.32. The summed E-state index contributed by atoms with van der Waals surface area (Å²) in [7, 11) is -1.32. The van der Waals surface area contributed by atoms with E-state index in [2.05, 4.69) is 5.32 Å². The lowest BCUT2D eigenvalue weighted by atomic mass is 10.3. The summed E-state index contributed by atoms with van der Waals surface area (Å²) in [6.45, 7) is 0.429. The third-order valence-electron chi connectivity index (χ3n) is 2.36. The van der Waals surface area contributed by atoms with Crippen LogP contribution < -0.4 is 5.32 Å². The first-order valence-electron chi connectivity index (χ1n) is 5.06. The van der Waals surface area contributed by atoms with E-state index in [9.17, 15) is 21.6 Å². The van der Waals surface area contributed by atoms with Crippen LogP contribution in [0.25, 0.3) is 0 Å². The highest BCUT2D eigenvalue weighted by Crippen LogP contribution is 2.22. The van der Waals surface area contributed by atoms with Gasteiger partial charge < -0.3 is 5.32 Å². The van der Waals surface area contributed by atoms with Gasteiger partial charge in [0.05, 0.1) is 0 Å². The molecule has 1 aromatic rings. The molecule has 0 saturated carbocycles. The van der Waals surface area contributed by atoms with Crippen molar-refractivity contribution in [1.82, 2.24) is 9.62 Å². The Morgan fingerprint density at radius 3 is 2.32 bits per heavy atom. The first kappa shape index (κ1) is 18.2. The Kier molecular flexibility index (Phi) is 6.78. The zero-order valence-electron chi connectivity index (χ0n) is 10.3. The van der Waals surface area contributed by atoms with Gasteiger partial charge in [-0.1, -0.05) is 0 Å². The maximum Gasteiger partial charge on any atom is 0.245 e. The van der Waals surface area contributed by atoms with Crippen LogP contribution in [0.2, 0.25) is 0 Å². The number of benzene rings is 1. The molecule has 0 atom stereocenters. The summed E-state index contributed by atoms with van der Waals surface area (Å²) in [5, 5.41) is 2.72. The van der Waals surface area contributed by atoms with E-state index in [0.29, 0.717) is 18.7 Å². The minimum absolute atomic E-state index is 0. The summed E-state index contributed by atoms with van der Waals surface area (Å²) < 4.78 is 63.8. The maximum atomic E-state index is 13.4. The molecular formula is C10H14ClF3N2O2S. The van der Waals surface area contributed by atoms with Gasteiger partial charge in [-0.25, -0.2) is 21.6 Å². The summed E-state index contributed by atoms with van der Waals surface area (Å²) in [6.07, 6.45) is 0. The second-order valence-corrected chi connectivity index (χ2v) is 5.62. The van der Waals surface area contributed by atoms with Crippen molar-refractivity contribution in [2.24, 2.45) is 0 Å². The van der Waals surface area contributed by atoms with Crippen LogP contribution in [-0.4, -0.2) is 39.9 Å². The van der Waals surface area contributed by atoms with E-state index in [1.165, 1.54) is 7.05 Å². The van der Waals surface area contributed by atoms with Gasteiger partial charge in [-0.05, 0) is 19.2 Å². The van der Waals surface area contributed by atoms with Gasteiger partial charge in [-0.15, -0.1) is 12.4 Å². The molecule has 0 aliphatic heterocycles. The molecule has 1 N–H and O–H groups in total. The molecule has 0 aromatic heterocycles. The Balaban J connectivity index is 0.00000324. The molecule has 0 fully saturated rings. The molecule has 0 amide bonds. The van der Waals surface area contributed by atoms with E-state index in [4.69, 9.17) is 0 Å². The van der Waals surface area contributed by atoms with Crippen LogP contribution in [0.5, 0.6) is 0 Å². The molecule has 0 aliphatic carbocycles. The number of rotatable bonds is 5. The lowest BCUT2D eigenvalue weighted by Gasteiger charge is -2.17. The summed E-state index contributed by atoms with van der Waals surface area (Å²) in [4.78, 5) is -0.875.